The van der Waals surface area contributed by atoms with Gasteiger partial charge < -0.3 is 0 Å². The van der Waals surface area contributed by atoms with Crippen molar-refractivity contribution in [2.24, 2.45) is 0 Å². The summed E-state index contributed by atoms with van der Waals surface area (Å²) < 4.78 is 28.8. The summed E-state index contributed by atoms with van der Waals surface area (Å²) in [5, 5.41) is 4.89. The molecule has 0 spiro atoms. The van der Waals surface area contributed by atoms with E-state index in [2.05, 4.69) is 20.5 Å². The highest BCUT2D eigenvalue weighted by molar-refractivity contribution is 6.30. The Bertz CT molecular complexity index is 779. The van der Waals surface area contributed by atoms with Crippen LogP contribution in [0, 0.1) is 5.82 Å². The average Bonchev–Trinajstić information content (AvgIpc) is 3.12. The van der Waals surface area contributed by atoms with Gasteiger partial charge in [-0.1, -0.05) is 17.7 Å². The minimum atomic E-state index is -0.700. The van der Waals surface area contributed by atoms with E-state index in [4.69, 9.17) is 16.7 Å². The lowest BCUT2D eigenvalue weighted by Crippen LogP contribution is -2.23. The first-order valence-electron chi connectivity index (χ1n) is 9.15. The fourth-order valence-corrected chi connectivity index (χ4v) is 4.06. The summed E-state index contributed by atoms with van der Waals surface area (Å²) in [6, 6.07) is 7.05. The lowest BCUT2D eigenvalue weighted by atomic mass is 10.2. The van der Waals surface area contributed by atoms with Crippen molar-refractivity contribution in [2.75, 3.05) is 19.6 Å². The van der Waals surface area contributed by atoms with Crippen LogP contribution in [0.15, 0.2) is 24.3 Å². The zero-order valence-electron chi connectivity index (χ0n) is 14.7. The van der Waals surface area contributed by atoms with Gasteiger partial charge in [-0.05, 0) is 36.6 Å². The number of nitrogens with zero attached hydrogens (tertiary/aromatic N) is 4. The Balaban J connectivity index is 1.43. The standard InChI is InChI=1S/C19H23ClF2N4/c20-18-8-14(2-3-19(18)22)10-24-5-1-6-26-17(13-24)9-16(23-26)12-25-7-4-15(21)11-25/h2-3,8-9,15H,1,4-7,10-13H2/t15-/m0/s1. The maximum atomic E-state index is 13.4. The fraction of sp³-hybridized carbons (Fsp3) is 0.526. The van der Waals surface area contributed by atoms with Gasteiger partial charge in [0, 0.05) is 45.8 Å². The molecule has 0 radical (unpaired) electrons. The Labute approximate surface area is 157 Å². The number of hydrogen-bond acceptors (Lipinski definition) is 3. The van der Waals surface area contributed by atoms with Crippen LogP contribution in [0.25, 0.3) is 0 Å². The first-order chi connectivity index (χ1) is 12.6. The Morgan fingerprint density at radius 1 is 1.12 bits per heavy atom. The van der Waals surface area contributed by atoms with Crippen molar-refractivity contribution in [3.8, 4) is 0 Å². The van der Waals surface area contributed by atoms with Crippen molar-refractivity contribution >= 4 is 11.6 Å². The van der Waals surface area contributed by atoms with Crippen molar-refractivity contribution in [2.45, 2.75) is 45.2 Å². The smallest absolute Gasteiger partial charge is 0.141 e. The molecule has 1 aromatic carbocycles. The second-order valence-electron chi connectivity index (χ2n) is 7.28. The Morgan fingerprint density at radius 2 is 2.00 bits per heavy atom. The average molecular weight is 381 g/mol. The molecule has 0 unspecified atom stereocenters. The molecule has 1 saturated heterocycles. The highest BCUT2D eigenvalue weighted by Crippen LogP contribution is 2.21. The lowest BCUT2D eigenvalue weighted by Gasteiger charge is -2.19. The molecule has 26 heavy (non-hydrogen) atoms. The number of likely N-dealkylation sites (tertiary alicyclic amines) is 1. The third-order valence-electron chi connectivity index (χ3n) is 5.13. The molecule has 140 valence electrons. The fourth-order valence-electron chi connectivity index (χ4n) is 3.85. The molecule has 4 rings (SSSR count). The van der Waals surface area contributed by atoms with E-state index in [1.807, 2.05) is 0 Å². The van der Waals surface area contributed by atoms with E-state index in [1.165, 1.54) is 11.8 Å². The van der Waals surface area contributed by atoms with Crippen LogP contribution in [-0.2, 0) is 26.2 Å². The molecule has 0 saturated carbocycles. The Hall–Kier alpha value is -1.50. The summed E-state index contributed by atoms with van der Waals surface area (Å²) >= 11 is 5.90. The van der Waals surface area contributed by atoms with Crippen molar-refractivity contribution in [1.29, 1.82) is 0 Å². The number of halogens is 3. The second-order valence-corrected chi connectivity index (χ2v) is 7.69. The highest BCUT2D eigenvalue weighted by Gasteiger charge is 2.23. The highest BCUT2D eigenvalue weighted by atomic mass is 35.5. The van der Waals surface area contributed by atoms with Crippen LogP contribution in [-0.4, -0.2) is 45.4 Å². The van der Waals surface area contributed by atoms with Crippen LogP contribution in [0.5, 0.6) is 0 Å². The zero-order valence-corrected chi connectivity index (χ0v) is 15.4. The molecule has 0 N–H and O–H groups in total. The third kappa shape index (κ3) is 4.08. The van der Waals surface area contributed by atoms with E-state index < -0.39 is 6.17 Å². The number of rotatable bonds is 4. The van der Waals surface area contributed by atoms with E-state index in [-0.39, 0.29) is 10.8 Å². The number of alkyl halides is 1. The minimum Gasteiger partial charge on any atom is -0.294 e. The Kier molecular flexibility index (Phi) is 5.25. The van der Waals surface area contributed by atoms with Crippen LogP contribution < -0.4 is 0 Å². The number of fused-ring (bicyclic) bond motifs is 1. The normalized spacial score (nSPS) is 21.7. The van der Waals surface area contributed by atoms with Gasteiger partial charge in [-0.25, -0.2) is 8.78 Å². The zero-order chi connectivity index (χ0) is 18.1. The first kappa shape index (κ1) is 17.9. The van der Waals surface area contributed by atoms with Gasteiger partial charge in [0.05, 0.1) is 16.4 Å². The molecule has 0 bridgehead atoms. The SMILES string of the molecule is Fc1ccc(CN2CCCn3nc(CN4CC[C@H](F)C4)cc3C2)cc1Cl. The van der Waals surface area contributed by atoms with Gasteiger partial charge >= 0.3 is 0 Å². The van der Waals surface area contributed by atoms with Gasteiger partial charge in [-0.3, -0.25) is 14.5 Å². The summed E-state index contributed by atoms with van der Waals surface area (Å²) in [5.74, 6) is -0.383. The van der Waals surface area contributed by atoms with Crippen LogP contribution in [0.1, 0.15) is 29.8 Å². The molecular formula is C19H23ClF2N4. The maximum absolute atomic E-state index is 13.4. The molecule has 7 heteroatoms. The molecule has 4 nitrogen and oxygen atoms in total. The molecule has 2 aromatic rings. The monoisotopic (exact) mass is 380 g/mol. The summed E-state index contributed by atoms with van der Waals surface area (Å²) in [7, 11) is 0. The van der Waals surface area contributed by atoms with Crippen molar-refractivity contribution in [3.63, 3.8) is 0 Å². The minimum absolute atomic E-state index is 0.168. The van der Waals surface area contributed by atoms with Gasteiger partial charge in [0.2, 0.25) is 0 Å². The first-order valence-corrected chi connectivity index (χ1v) is 9.53. The van der Waals surface area contributed by atoms with Crippen LogP contribution >= 0.6 is 11.6 Å². The number of benzene rings is 1. The molecule has 3 heterocycles. The van der Waals surface area contributed by atoms with Crippen LogP contribution in [0.3, 0.4) is 0 Å². The topological polar surface area (TPSA) is 24.3 Å². The lowest BCUT2D eigenvalue weighted by molar-refractivity contribution is 0.260. The predicted octanol–water partition coefficient (Wildman–Crippen LogP) is 3.63. The van der Waals surface area contributed by atoms with E-state index in [9.17, 15) is 8.78 Å². The summed E-state index contributed by atoms with van der Waals surface area (Å²) in [6.07, 6.45) is 0.939. The summed E-state index contributed by atoms with van der Waals surface area (Å²) in [6.45, 7) is 5.42. The molecule has 1 aromatic heterocycles. The van der Waals surface area contributed by atoms with Crippen molar-refractivity contribution in [3.05, 3.63) is 52.1 Å². The van der Waals surface area contributed by atoms with Crippen LogP contribution in [0.4, 0.5) is 8.78 Å². The van der Waals surface area contributed by atoms with E-state index in [1.54, 1.807) is 12.1 Å². The van der Waals surface area contributed by atoms with Gasteiger partial charge in [-0.2, -0.15) is 5.10 Å². The number of aryl methyl sites for hydroxylation is 1. The molecule has 2 aliphatic rings. The number of hydrogen-bond donors (Lipinski definition) is 0. The van der Waals surface area contributed by atoms with Crippen molar-refractivity contribution in [1.82, 2.24) is 19.6 Å². The van der Waals surface area contributed by atoms with E-state index in [0.29, 0.717) is 19.5 Å². The third-order valence-corrected chi connectivity index (χ3v) is 5.42. The van der Waals surface area contributed by atoms with Gasteiger partial charge in [-0.15, -0.1) is 0 Å². The van der Waals surface area contributed by atoms with Gasteiger partial charge in [0.15, 0.2) is 0 Å². The molecule has 1 fully saturated rings. The summed E-state index contributed by atoms with van der Waals surface area (Å²) in [5.41, 5.74) is 3.21. The second kappa shape index (κ2) is 7.62. The van der Waals surface area contributed by atoms with E-state index >= 15 is 0 Å². The van der Waals surface area contributed by atoms with Crippen LogP contribution in [0.2, 0.25) is 5.02 Å². The molecular weight excluding hydrogens is 358 g/mol. The molecule has 0 amide bonds. The molecule has 2 aliphatic heterocycles. The van der Waals surface area contributed by atoms with Gasteiger partial charge in [0.1, 0.15) is 12.0 Å². The van der Waals surface area contributed by atoms with E-state index in [0.717, 1.165) is 50.4 Å². The van der Waals surface area contributed by atoms with Gasteiger partial charge in [0.25, 0.3) is 0 Å². The predicted molar refractivity (Wildman–Crippen MR) is 97.2 cm³/mol. The maximum Gasteiger partial charge on any atom is 0.141 e. The Morgan fingerprint density at radius 3 is 2.77 bits per heavy atom. The molecule has 1 atom stereocenters. The number of aromatic nitrogens is 2. The largest absolute Gasteiger partial charge is 0.294 e. The van der Waals surface area contributed by atoms with Crippen molar-refractivity contribution < 1.29 is 8.78 Å². The quantitative estimate of drug-likeness (QED) is 0.809. The molecule has 0 aliphatic carbocycles. The summed E-state index contributed by atoms with van der Waals surface area (Å²) in [4.78, 5) is 4.46.